The quantitative estimate of drug-likeness (QED) is 0.216. The highest BCUT2D eigenvalue weighted by Gasteiger charge is 2.60. The fourth-order valence-electron chi connectivity index (χ4n) is 8.22. The summed E-state index contributed by atoms with van der Waals surface area (Å²) in [5.74, 6) is -0.141. The minimum atomic E-state index is -1.51. The molecule has 0 radical (unpaired) electrons. The average molecular weight is 644 g/mol. The summed E-state index contributed by atoms with van der Waals surface area (Å²) in [7, 11) is 1.57. The van der Waals surface area contributed by atoms with Crippen molar-refractivity contribution in [3.8, 4) is 11.5 Å². The molecule has 6 aliphatic rings. The highest BCUT2D eigenvalue weighted by atomic mass is 16.7. The van der Waals surface area contributed by atoms with E-state index in [9.17, 15) is 30.0 Å². The second-order valence-corrected chi connectivity index (χ2v) is 13.1. The van der Waals surface area contributed by atoms with Gasteiger partial charge in [-0.3, -0.25) is 9.69 Å². The number of fused-ring (bicyclic) bond motifs is 3. The van der Waals surface area contributed by atoms with E-state index in [1.54, 1.807) is 19.3 Å². The first-order valence-corrected chi connectivity index (χ1v) is 16.0. The molecule has 3 fully saturated rings. The Labute approximate surface area is 266 Å². The Balaban J connectivity index is 1.08. The molecule has 9 atom stereocenters. The number of esters is 2. The zero-order valence-corrected chi connectivity index (χ0v) is 25.7. The number of rotatable bonds is 9. The van der Waals surface area contributed by atoms with E-state index in [2.05, 4.69) is 11.0 Å². The third kappa shape index (κ3) is 5.08. The van der Waals surface area contributed by atoms with E-state index in [1.807, 2.05) is 12.1 Å². The average Bonchev–Trinajstić information content (AvgIpc) is 3.73. The van der Waals surface area contributed by atoms with Crippen LogP contribution < -0.4 is 9.47 Å². The number of cyclic esters (lactones) is 1. The number of hydrogen-bond donors (Lipinski definition) is 4. The second kappa shape index (κ2) is 12.1. The lowest BCUT2D eigenvalue weighted by molar-refractivity contribution is -0.210. The Hall–Kier alpha value is -3.20. The molecule has 7 rings (SSSR count). The lowest BCUT2D eigenvalue weighted by Crippen LogP contribution is -2.56. The molecule has 1 saturated carbocycles. The van der Waals surface area contributed by atoms with Gasteiger partial charge in [0.1, 0.15) is 18.0 Å². The van der Waals surface area contributed by atoms with E-state index in [0.29, 0.717) is 17.3 Å². The monoisotopic (exact) mass is 643 g/mol. The normalized spacial score (nSPS) is 37.9. The maximum atomic E-state index is 13.9. The van der Waals surface area contributed by atoms with Crippen LogP contribution in [0.3, 0.4) is 0 Å². The highest BCUT2D eigenvalue weighted by Crippen LogP contribution is 2.56. The number of carbonyl (C=O) groups excluding carboxylic acids is 2. The number of aliphatic hydroxyl groups is 4. The van der Waals surface area contributed by atoms with Crippen LogP contribution >= 0.6 is 0 Å². The summed E-state index contributed by atoms with van der Waals surface area (Å²) >= 11 is 0. The Morgan fingerprint density at radius 3 is 2.63 bits per heavy atom. The van der Waals surface area contributed by atoms with Gasteiger partial charge in [0.2, 0.25) is 12.4 Å². The molecular weight excluding hydrogens is 602 g/mol. The van der Waals surface area contributed by atoms with Gasteiger partial charge < -0.3 is 48.8 Å². The number of methoxy groups -OCH3 is 1. The predicted molar refractivity (Wildman–Crippen MR) is 158 cm³/mol. The number of ether oxygens (including phenoxy) is 6. The van der Waals surface area contributed by atoms with Crippen LogP contribution in [0.15, 0.2) is 36.1 Å². The van der Waals surface area contributed by atoms with Gasteiger partial charge in [-0.2, -0.15) is 0 Å². The lowest BCUT2D eigenvalue weighted by Gasteiger charge is -2.41. The maximum absolute atomic E-state index is 13.9. The molecule has 46 heavy (non-hydrogen) atoms. The van der Waals surface area contributed by atoms with Crippen molar-refractivity contribution in [3.05, 3.63) is 47.2 Å². The van der Waals surface area contributed by atoms with Gasteiger partial charge in [0, 0.05) is 25.5 Å². The van der Waals surface area contributed by atoms with Crippen molar-refractivity contribution in [1.82, 2.24) is 4.90 Å². The van der Waals surface area contributed by atoms with E-state index < -0.39 is 59.5 Å². The molecule has 1 spiro atoms. The summed E-state index contributed by atoms with van der Waals surface area (Å²) in [5.41, 5.74) is 0.223. The van der Waals surface area contributed by atoms with Crippen LogP contribution in [0, 0.1) is 5.92 Å². The highest BCUT2D eigenvalue weighted by molar-refractivity contribution is 5.94. The van der Waals surface area contributed by atoms with Crippen molar-refractivity contribution >= 4 is 11.9 Å². The molecule has 4 N–H and O–H groups in total. The number of hydrogen-bond acceptors (Lipinski definition) is 13. The van der Waals surface area contributed by atoms with Gasteiger partial charge in [0.05, 0.1) is 43.8 Å². The number of carbonyl (C=O) groups is 2. The van der Waals surface area contributed by atoms with Crippen molar-refractivity contribution in [3.63, 3.8) is 0 Å². The first kappa shape index (κ1) is 31.4. The third-order valence-electron chi connectivity index (χ3n) is 10.7. The Kier molecular flexibility index (Phi) is 8.27. The molecule has 0 bridgehead atoms. The first-order valence-electron chi connectivity index (χ1n) is 16.0. The van der Waals surface area contributed by atoms with Gasteiger partial charge >= 0.3 is 11.9 Å². The smallest absolute Gasteiger partial charge is 0.352 e. The standard InChI is InChI=1S/C33H41NO12/c1-41-24-14-32-6-4-8-34(32)9-5-18-11-21-22(44-17-43-21)13-20(18)26(32)30(24)45-31(40)33(15-25(36)46-33)7-2-3-10-42-23-12-19(16-35)27(37)29(39)28(23)38/h2-3,11,13-14,19,23,26-30,35,37-39H,4-10,12,15-17H2,1H3/b3-2+/t19?,23?,26-,27?,28?,29?,30-,32+,33-/m1/s1. The summed E-state index contributed by atoms with van der Waals surface area (Å²) in [5, 5.41) is 39.9. The van der Waals surface area contributed by atoms with E-state index in [1.165, 1.54) is 0 Å². The van der Waals surface area contributed by atoms with Crippen molar-refractivity contribution in [2.24, 2.45) is 5.92 Å². The molecule has 4 aliphatic heterocycles. The molecular formula is C33H41NO12. The molecule has 4 heterocycles. The fourth-order valence-corrected chi connectivity index (χ4v) is 8.22. The van der Waals surface area contributed by atoms with Gasteiger partial charge in [-0.05, 0) is 61.6 Å². The third-order valence-corrected chi connectivity index (χ3v) is 10.7. The Morgan fingerprint density at radius 1 is 1.11 bits per heavy atom. The molecule has 13 nitrogen and oxygen atoms in total. The molecule has 2 aliphatic carbocycles. The van der Waals surface area contributed by atoms with Crippen LogP contribution in [-0.4, -0.2) is 119 Å². The van der Waals surface area contributed by atoms with E-state index in [0.717, 1.165) is 43.5 Å². The van der Waals surface area contributed by atoms with Crippen LogP contribution in [-0.2, 0) is 35.0 Å². The predicted octanol–water partition coefficient (Wildman–Crippen LogP) is 0.457. The van der Waals surface area contributed by atoms with Crippen molar-refractivity contribution in [2.75, 3.05) is 40.2 Å². The van der Waals surface area contributed by atoms with Crippen molar-refractivity contribution < 1.29 is 58.4 Å². The maximum Gasteiger partial charge on any atom is 0.352 e. The molecule has 0 aromatic heterocycles. The molecule has 1 aromatic rings. The fraction of sp³-hybridized carbons (Fsp3) is 0.636. The van der Waals surface area contributed by atoms with Crippen LogP contribution in [0.25, 0.3) is 0 Å². The summed E-state index contributed by atoms with van der Waals surface area (Å²) in [4.78, 5) is 28.5. The first-order chi connectivity index (χ1) is 22.2. The summed E-state index contributed by atoms with van der Waals surface area (Å²) in [6, 6.07) is 4.03. The largest absolute Gasteiger partial charge is 0.497 e. The number of nitrogens with zero attached hydrogens (tertiary/aromatic N) is 1. The summed E-state index contributed by atoms with van der Waals surface area (Å²) in [6.45, 7) is 1.58. The molecule has 250 valence electrons. The minimum Gasteiger partial charge on any atom is -0.497 e. The zero-order chi connectivity index (χ0) is 32.2. The summed E-state index contributed by atoms with van der Waals surface area (Å²) in [6.07, 6.45) is 2.59. The van der Waals surface area contributed by atoms with Gasteiger partial charge in [0.25, 0.3) is 0 Å². The molecule has 1 aromatic carbocycles. The van der Waals surface area contributed by atoms with E-state index in [-0.39, 0.29) is 45.2 Å². The van der Waals surface area contributed by atoms with E-state index >= 15 is 0 Å². The Bertz CT molecular complexity index is 1420. The van der Waals surface area contributed by atoms with Gasteiger partial charge in [-0.1, -0.05) is 12.2 Å². The Morgan fingerprint density at radius 2 is 1.89 bits per heavy atom. The topological polar surface area (TPSA) is 174 Å². The molecule has 13 heteroatoms. The van der Waals surface area contributed by atoms with Gasteiger partial charge in [-0.25, -0.2) is 4.79 Å². The van der Waals surface area contributed by atoms with Gasteiger partial charge in [0.15, 0.2) is 17.6 Å². The number of aliphatic hydroxyl groups excluding tert-OH is 4. The van der Waals surface area contributed by atoms with Crippen LogP contribution in [0.2, 0.25) is 0 Å². The second-order valence-electron chi connectivity index (χ2n) is 13.1. The zero-order valence-electron chi connectivity index (χ0n) is 25.7. The lowest BCUT2D eigenvalue weighted by atomic mass is 9.77. The summed E-state index contributed by atoms with van der Waals surface area (Å²) < 4.78 is 34.8. The molecule has 5 unspecified atom stereocenters. The van der Waals surface area contributed by atoms with Crippen LogP contribution in [0.5, 0.6) is 11.5 Å². The number of benzene rings is 1. The van der Waals surface area contributed by atoms with Crippen LogP contribution in [0.1, 0.15) is 49.1 Å². The SMILES string of the molecule is COC1=C[C@]23CCCN2CCc2cc4c(cc2[C@@H]3[C@@H]1OC(=O)[C@@]1(C/C=C/COC2CC(CO)C(O)C(O)C2O)CC(=O)O1)OCO4. The van der Waals surface area contributed by atoms with Crippen molar-refractivity contribution in [1.29, 1.82) is 0 Å². The molecule has 2 saturated heterocycles. The minimum absolute atomic E-state index is 0.0221. The van der Waals surface area contributed by atoms with Crippen molar-refractivity contribution in [2.45, 2.75) is 86.1 Å². The van der Waals surface area contributed by atoms with Crippen LogP contribution in [0.4, 0.5) is 0 Å². The molecule has 0 amide bonds. The van der Waals surface area contributed by atoms with E-state index in [4.69, 9.17) is 28.4 Å². The van der Waals surface area contributed by atoms with Gasteiger partial charge in [-0.15, -0.1) is 0 Å².